The Balaban J connectivity index is 1.55. The fourth-order valence-electron chi connectivity index (χ4n) is 2.35. The molecule has 4 nitrogen and oxygen atoms in total. The standard InChI is InChI=1S/C21H15ClINO3/c22-16-5-1-14(2-6-16)21(26)15-3-11-19(12-4-15)27-13-20(25)24-18-9-7-17(23)8-10-18/h1-12H,13H2,(H,24,25). The van der Waals surface area contributed by atoms with Crippen molar-refractivity contribution in [3.05, 3.63) is 92.5 Å². The summed E-state index contributed by atoms with van der Waals surface area (Å²) < 4.78 is 6.57. The minimum atomic E-state index is -0.252. The van der Waals surface area contributed by atoms with E-state index in [9.17, 15) is 9.59 Å². The van der Waals surface area contributed by atoms with Crippen LogP contribution in [0.1, 0.15) is 15.9 Å². The lowest BCUT2D eigenvalue weighted by Gasteiger charge is -2.08. The molecule has 0 aliphatic carbocycles. The van der Waals surface area contributed by atoms with E-state index < -0.39 is 0 Å². The van der Waals surface area contributed by atoms with Gasteiger partial charge in [-0.05, 0) is 95.4 Å². The molecule has 1 N–H and O–H groups in total. The smallest absolute Gasteiger partial charge is 0.262 e. The second kappa shape index (κ2) is 9.01. The van der Waals surface area contributed by atoms with Gasteiger partial charge in [-0.15, -0.1) is 0 Å². The van der Waals surface area contributed by atoms with Gasteiger partial charge in [-0.25, -0.2) is 0 Å². The predicted molar refractivity (Wildman–Crippen MR) is 115 cm³/mol. The first kappa shape index (κ1) is 19.4. The maximum absolute atomic E-state index is 12.4. The van der Waals surface area contributed by atoms with E-state index in [0.29, 0.717) is 27.6 Å². The molecular formula is C21H15ClINO3. The highest BCUT2D eigenvalue weighted by atomic mass is 127. The minimum absolute atomic E-state index is 0.102. The number of carbonyl (C=O) groups excluding carboxylic acids is 2. The summed E-state index contributed by atoms with van der Waals surface area (Å²) in [5.41, 5.74) is 1.81. The Morgan fingerprint density at radius 3 is 2.00 bits per heavy atom. The number of carbonyl (C=O) groups is 2. The number of anilines is 1. The van der Waals surface area contributed by atoms with Gasteiger partial charge in [0.1, 0.15) is 5.75 Å². The second-order valence-corrected chi connectivity index (χ2v) is 7.39. The summed E-state index contributed by atoms with van der Waals surface area (Å²) in [6, 6.07) is 20.9. The van der Waals surface area contributed by atoms with Crippen LogP contribution in [0.5, 0.6) is 5.75 Å². The lowest BCUT2D eigenvalue weighted by Crippen LogP contribution is -2.20. The molecule has 6 heteroatoms. The van der Waals surface area contributed by atoms with E-state index in [1.165, 1.54) is 0 Å². The molecular weight excluding hydrogens is 477 g/mol. The Hall–Kier alpha value is -2.38. The van der Waals surface area contributed by atoms with Crippen molar-refractivity contribution in [2.24, 2.45) is 0 Å². The zero-order valence-electron chi connectivity index (χ0n) is 14.1. The van der Waals surface area contributed by atoms with Gasteiger partial charge in [0, 0.05) is 25.4 Å². The van der Waals surface area contributed by atoms with E-state index in [2.05, 4.69) is 27.9 Å². The van der Waals surface area contributed by atoms with Crippen molar-refractivity contribution in [3.63, 3.8) is 0 Å². The topological polar surface area (TPSA) is 55.4 Å². The first-order valence-corrected chi connectivity index (χ1v) is 9.55. The van der Waals surface area contributed by atoms with Gasteiger partial charge >= 0.3 is 0 Å². The largest absolute Gasteiger partial charge is 0.484 e. The predicted octanol–water partition coefficient (Wildman–Crippen LogP) is 5.19. The van der Waals surface area contributed by atoms with Crippen molar-refractivity contribution >= 4 is 51.6 Å². The Kier molecular flexibility index (Phi) is 6.47. The van der Waals surface area contributed by atoms with E-state index in [1.54, 1.807) is 48.5 Å². The first-order valence-electron chi connectivity index (χ1n) is 8.10. The number of nitrogens with one attached hydrogen (secondary N) is 1. The summed E-state index contributed by atoms with van der Waals surface area (Å²) in [7, 11) is 0. The fourth-order valence-corrected chi connectivity index (χ4v) is 2.84. The van der Waals surface area contributed by atoms with E-state index in [-0.39, 0.29) is 18.3 Å². The highest BCUT2D eigenvalue weighted by molar-refractivity contribution is 14.1. The molecule has 0 atom stereocenters. The summed E-state index contributed by atoms with van der Waals surface area (Å²) in [6.45, 7) is -0.115. The van der Waals surface area contributed by atoms with Gasteiger partial charge in [-0.1, -0.05) is 11.6 Å². The molecule has 0 unspecified atom stereocenters. The average molecular weight is 492 g/mol. The van der Waals surface area contributed by atoms with Crippen molar-refractivity contribution in [2.45, 2.75) is 0 Å². The molecule has 0 radical (unpaired) electrons. The number of ether oxygens (including phenoxy) is 1. The van der Waals surface area contributed by atoms with Crippen molar-refractivity contribution < 1.29 is 14.3 Å². The molecule has 0 aliphatic rings. The number of amides is 1. The third kappa shape index (κ3) is 5.55. The van der Waals surface area contributed by atoms with Crippen LogP contribution in [0.4, 0.5) is 5.69 Å². The summed E-state index contributed by atoms with van der Waals surface area (Å²) in [6.07, 6.45) is 0. The SMILES string of the molecule is O=C(COc1ccc(C(=O)c2ccc(Cl)cc2)cc1)Nc1ccc(I)cc1. The number of hydrogen-bond donors (Lipinski definition) is 1. The molecule has 0 fully saturated rings. The molecule has 0 heterocycles. The molecule has 3 aromatic carbocycles. The van der Waals surface area contributed by atoms with Crippen LogP contribution in [0.3, 0.4) is 0 Å². The minimum Gasteiger partial charge on any atom is -0.484 e. The average Bonchev–Trinajstić information content (AvgIpc) is 2.69. The number of halogens is 2. The molecule has 136 valence electrons. The molecule has 3 aromatic rings. The molecule has 0 aromatic heterocycles. The van der Waals surface area contributed by atoms with Gasteiger partial charge in [0.25, 0.3) is 5.91 Å². The van der Waals surface area contributed by atoms with Gasteiger partial charge < -0.3 is 10.1 Å². The third-order valence-electron chi connectivity index (χ3n) is 3.72. The third-order valence-corrected chi connectivity index (χ3v) is 4.69. The van der Waals surface area contributed by atoms with Gasteiger partial charge in [-0.2, -0.15) is 0 Å². The molecule has 0 saturated heterocycles. The highest BCUT2D eigenvalue weighted by Gasteiger charge is 2.10. The lowest BCUT2D eigenvalue weighted by atomic mass is 10.0. The number of hydrogen-bond acceptors (Lipinski definition) is 3. The van der Waals surface area contributed by atoms with Crippen LogP contribution >= 0.6 is 34.2 Å². The molecule has 27 heavy (non-hydrogen) atoms. The monoisotopic (exact) mass is 491 g/mol. The summed E-state index contributed by atoms with van der Waals surface area (Å²) in [5, 5.41) is 3.35. The van der Waals surface area contributed by atoms with E-state index in [4.69, 9.17) is 16.3 Å². The van der Waals surface area contributed by atoms with Crippen molar-refractivity contribution in [2.75, 3.05) is 11.9 Å². The van der Waals surface area contributed by atoms with Gasteiger partial charge in [0.05, 0.1) is 0 Å². The molecule has 1 amide bonds. The Bertz CT molecular complexity index is 939. The molecule has 0 bridgehead atoms. The summed E-state index contributed by atoms with van der Waals surface area (Å²) in [5.74, 6) is 0.160. The van der Waals surface area contributed by atoms with Crippen molar-refractivity contribution in [1.29, 1.82) is 0 Å². The van der Waals surface area contributed by atoms with Crippen LogP contribution in [-0.4, -0.2) is 18.3 Å². The van der Waals surface area contributed by atoms with Crippen LogP contribution in [-0.2, 0) is 4.79 Å². The number of ketones is 1. The Morgan fingerprint density at radius 2 is 1.41 bits per heavy atom. The van der Waals surface area contributed by atoms with E-state index in [0.717, 1.165) is 3.57 Å². The fraction of sp³-hybridized carbons (Fsp3) is 0.0476. The zero-order valence-corrected chi connectivity index (χ0v) is 17.0. The Labute approximate surface area is 175 Å². The first-order chi connectivity index (χ1) is 13.0. The van der Waals surface area contributed by atoms with E-state index in [1.807, 2.05) is 24.3 Å². The summed E-state index contributed by atoms with van der Waals surface area (Å²) >= 11 is 8.04. The van der Waals surface area contributed by atoms with E-state index >= 15 is 0 Å². The lowest BCUT2D eigenvalue weighted by molar-refractivity contribution is -0.118. The Morgan fingerprint density at radius 1 is 0.852 bits per heavy atom. The quantitative estimate of drug-likeness (QED) is 0.381. The van der Waals surface area contributed by atoms with Gasteiger partial charge in [0.2, 0.25) is 0 Å². The van der Waals surface area contributed by atoms with Gasteiger partial charge in [0.15, 0.2) is 12.4 Å². The zero-order chi connectivity index (χ0) is 19.2. The van der Waals surface area contributed by atoms with Crippen LogP contribution in [0.2, 0.25) is 5.02 Å². The maximum Gasteiger partial charge on any atom is 0.262 e. The maximum atomic E-state index is 12.4. The number of rotatable bonds is 6. The van der Waals surface area contributed by atoms with Crippen molar-refractivity contribution in [3.8, 4) is 5.75 Å². The number of benzene rings is 3. The molecule has 3 rings (SSSR count). The summed E-state index contributed by atoms with van der Waals surface area (Å²) in [4.78, 5) is 24.4. The second-order valence-electron chi connectivity index (χ2n) is 5.70. The normalized spacial score (nSPS) is 10.3. The molecule has 0 saturated carbocycles. The highest BCUT2D eigenvalue weighted by Crippen LogP contribution is 2.17. The van der Waals surface area contributed by atoms with Crippen LogP contribution in [0, 0.1) is 3.57 Å². The van der Waals surface area contributed by atoms with Crippen molar-refractivity contribution in [1.82, 2.24) is 0 Å². The van der Waals surface area contributed by atoms with Crippen LogP contribution < -0.4 is 10.1 Å². The van der Waals surface area contributed by atoms with Crippen LogP contribution in [0.15, 0.2) is 72.8 Å². The van der Waals surface area contributed by atoms with Gasteiger partial charge in [-0.3, -0.25) is 9.59 Å². The van der Waals surface area contributed by atoms with Crippen LogP contribution in [0.25, 0.3) is 0 Å². The molecule has 0 spiro atoms. The molecule has 0 aliphatic heterocycles.